The molecule has 0 saturated carbocycles. The van der Waals surface area contributed by atoms with Gasteiger partial charge in [-0.2, -0.15) is 0 Å². The lowest BCUT2D eigenvalue weighted by Crippen LogP contribution is -2.12. The molecule has 20 heavy (non-hydrogen) atoms. The quantitative estimate of drug-likeness (QED) is 0.255. The molecule has 0 spiro atoms. The van der Waals surface area contributed by atoms with Gasteiger partial charge in [0.25, 0.3) is 0 Å². The maximum Gasteiger partial charge on any atom is -0.00248 e. The second-order valence-corrected chi connectivity index (χ2v) is 6.39. The molecule has 0 aromatic heterocycles. The fourth-order valence-corrected chi connectivity index (χ4v) is 2.51. The Morgan fingerprint density at radius 3 is 1.55 bits per heavy atom. The lowest BCUT2D eigenvalue weighted by molar-refractivity contribution is 0.389. The van der Waals surface area contributed by atoms with E-state index in [1.807, 2.05) is 0 Å². The molecule has 120 valence electrons. The minimum Gasteiger partial charge on any atom is -0.309 e. The number of rotatable bonds is 15. The predicted molar refractivity (Wildman–Crippen MR) is 93.4 cm³/mol. The van der Waals surface area contributed by atoms with Crippen molar-refractivity contribution in [3.8, 4) is 0 Å². The van der Waals surface area contributed by atoms with Crippen LogP contribution in [0, 0.1) is 0 Å². The van der Waals surface area contributed by atoms with Crippen molar-refractivity contribution >= 4 is 0 Å². The third kappa shape index (κ3) is 17.7. The largest absolute Gasteiger partial charge is 0.309 e. The molecular formula is C19H39N. The van der Waals surface area contributed by atoms with E-state index in [2.05, 4.69) is 38.1 Å². The highest BCUT2D eigenvalue weighted by Gasteiger charge is 1.94. The van der Waals surface area contributed by atoms with Crippen LogP contribution in [-0.2, 0) is 0 Å². The number of nitrogens with zero attached hydrogens (tertiary/aromatic N) is 1. The van der Waals surface area contributed by atoms with Crippen molar-refractivity contribution in [2.75, 3.05) is 20.6 Å². The molecule has 0 aromatic carbocycles. The van der Waals surface area contributed by atoms with Crippen molar-refractivity contribution < 1.29 is 0 Å². The first-order chi connectivity index (χ1) is 9.77. The summed E-state index contributed by atoms with van der Waals surface area (Å²) < 4.78 is 0. The molecule has 1 nitrogen and oxygen atoms in total. The van der Waals surface area contributed by atoms with Crippen LogP contribution in [0.25, 0.3) is 0 Å². The molecule has 0 unspecified atom stereocenters. The first-order valence-corrected chi connectivity index (χ1v) is 9.07. The lowest BCUT2D eigenvalue weighted by Gasteiger charge is -2.08. The van der Waals surface area contributed by atoms with Gasteiger partial charge in [-0.1, -0.05) is 76.9 Å². The molecule has 0 saturated heterocycles. The van der Waals surface area contributed by atoms with E-state index in [1.165, 1.54) is 90.0 Å². The van der Waals surface area contributed by atoms with Crippen molar-refractivity contribution in [2.45, 2.75) is 90.4 Å². The zero-order valence-corrected chi connectivity index (χ0v) is 14.5. The highest BCUT2D eigenvalue weighted by atomic mass is 15.0. The minimum atomic E-state index is 1.26. The Morgan fingerprint density at radius 2 is 1.05 bits per heavy atom. The second kappa shape index (κ2) is 16.8. The molecule has 0 aliphatic rings. The summed E-state index contributed by atoms with van der Waals surface area (Å²) in [6, 6.07) is 0. The molecular weight excluding hydrogens is 242 g/mol. The van der Waals surface area contributed by atoms with Gasteiger partial charge < -0.3 is 4.90 Å². The van der Waals surface area contributed by atoms with Gasteiger partial charge >= 0.3 is 0 Å². The Hall–Kier alpha value is -0.300. The summed E-state index contributed by atoms with van der Waals surface area (Å²) in [6.45, 7) is 3.50. The van der Waals surface area contributed by atoms with E-state index >= 15 is 0 Å². The number of unbranched alkanes of at least 4 members (excludes halogenated alkanes) is 11. The zero-order chi connectivity index (χ0) is 14.9. The molecule has 0 bridgehead atoms. The van der Waals surface area contributed by atoms with Gasteiger partial charge in [0, 0.05) is 0 Å². The van der Waals surface area contributed by atoms with Crippen LogP contribution in [0.4, 0.5) is 0 Å². The van der Waals surface area contributed by atoms with Crippen molar-refractivity contribution in [1.29, 1.82) is 0 Å². The zero-order valence-electron chi connectivity index (χ0n) is 14.5. The summed E-state index contributed by atoms with van der Waals surface area (Å²) in [5.41, 5.74) is 0. The van der Waals surface area contributed by atoms with Crippen molar-refractivity contribution in [3.63, 3.8) is 0 Å². The molecule has 0 amide bonds. The first kappa shape index (κ1) is 19.7. The first-order valence-electron chi connectivity index (χ1n) is 9.07. The van der Waals surface area contributed by atoms with E-state index in [0.29, 0.717) is 0 Å². The fourth-order valence-electron chi connectivity index (χ4n) is 2.51. The van der Waals surface area contributed by atoms with Crippen LogP contribution in [-0.4, -0.2) is 25.5 Å². The van der Waals surface area contributed by atoms with Crippen LogP contribution >= 0.6 is 0 Å². The molecule has 1 heteroatoms. The molecule has 0 rings (SSSR count). The summed E-state index contributed by atoms with van der Waals surface area (Å²) in [5, 5.41) is 0. The normalized spacial score (nSPS) is 11.8. The van der Waals surface area contributed by atoms with Crippen LogP contribution in [0.1, 0.15) is 90.4 Å². The van der Waals surface area contributed by atoms with Crippen molar-refractivity contribution in [1.82, 2.24) is 4.90 Å². The van der Waals surface area contributed by atoms with Gasteiger partial charge in [0.05, 0.1) is 0 Å². The summed E-state index contributed by atoms with van der Waals surface area (Å²) in [7, 11) is 4.33. The molecule has 0 aromatic rings. The summed E-state index contributed by atoms with van der Waals surface area (Å²) in [4.78, 5) is 2.29. The Balaban J connectivity index is 2.99. The maximum absolute atomic E-state index is 2.37. The van der Waals surface area contributed by atoms with Crippen LogP contribution in [0.3, 0.4) is 0 Å². The fraction of sp³-hybridized carbons (Fsp3) is 0.895. The standard InChI is InChI=1S/C19H39N/c1-4-5-6-7-8-9-10-11-12-13-14-15-16-17-18-19-20(2)3/h6-7H,4-5,8-19H2,1-3H3/b7-6+. The molecule has 0 heterocycles. The summed E-state index contributed by atoms with van der Waals surface area (Å²) >= 11 is 0. The average molecular weight is 282 g/mol. The minimum absolute atomic E-state index is 1.26. The number of allylic oxidation sites excluding steroid dienone is 2. The topological polar surface area (TPSA) is 3.24 Å². The maximum atomic E-state index is 2.37. The van der Waals surface area contributed by atoms with Crippen molar-refractivity contribution in [2.24, 2.45) is 0 Å². The van der Waals surface area contributed by atoms with Gasteiger partial charge in [-0.15, -0.1) is 0 Å². The highest BCUT2D eigenvalue weighted by Crippen LogP contribution is 2.11. The van der Waals surface area contributed by atoms with Crippen molar-refractivity contribution in [3.05, 3.63) is 12.2 Å². The van der Waals surface area contributed by atoms with Gasteiger partial charge in [-0.25, -0.2) is 0 Å². The van der Waals surface area contributed by atoms with E-state index in [1.54, 1.807) is 0 Å². The molecule has 0 aliphatic carbocycles. The van der Waals surface area contributed by atoms with Gasteiger partial charge in [0.15, 0.2) is 0 Å². The van der Waals surface area contributed by atoms with E-state index in [0.717, 1.165) is 0 Å². The third-order valence-corrected chi connectivity index (χ3v) is 3.85. The smallest absolute Gasteiger partial charge is 0.00248 e. The summed E-state index contributed by atoms with van der Waals surface area (Å²) in [5.74, 6) is 0. The SMILES string of the molecule is CCC/C=C/CCCCCCCCCCCCN(C)C. The third-order valence-electron chi connectivity index (χ3n) is 3.85. The average Bonchev–Trinajstić information content (AvgIpc) is 2.43. The number of hydrogen-bond donors (Lipinski definition) is 0. The molecule has 0 radical (unpaired) electrons. The molecule has 0 N–H and O–H groups in total. The van der Waals surface area contributed by atoms with Gasteiger partial charge in [0.1, 0.15) is 0 Å². The Kier molecular flexibility index (Phi) is 16.5. The number of hydrogen-bond acceptors (Lipinski definition) is 1. The molecule has 0 aliphatic heterocycles. The predicted octanol–water partition coefficient (Wildman–Crippen LogP) is 6.20. The van der Waals surface area contributed by atoms with Crippen LogP contribution in [0.5, 0.6) is 0 Å². The highest BCUT2D eigenvalue weighted by molar-refractivity contribution is 4.80. The van der Waals surface area contributed by atoms with E-state index < -0.39 is 0 Å². The monoisotopic (exact) mass is 281 g/mol. The Labute approximate surface area is 128 Å². The second-order valence-electron chi connectivity index (χ2n) is 6.39. The van der Waals surface area contributed by atoms with E-state index in [-0.39, 0.29) is 0 Å². The molecule has 0 fully saturated rings. The van der Waals surface area contributed by atoms with E-state index in [4.69, 9.17) is 0 Å². The Bertz CT molecular complexity index is 196. The van der Waals surface area contributed by atoms with Crippen LogP contribution < -0.4 is 0 Å². The van der Waals surface area contributed by atoms with Crippen LogP contribution in [0.2, 0.25) is 0 Å². The van der Waals surface area contributed by atoms with Gasteiger partial charge in [-0.05, 0) is 46.3 Å². The van der Waals surface area contributed by atoms with Gasteiger partial charge in [-0.3, -0.25) is 0 Å². The van der Waals surface area contributed by atoms with Crippen LogP contribution in [0.15, 0.2) is 12.2 Å². The Morgan fingerprint density at radius 1 is 0.600 bits per heavy atom. The van der Waals surface area contributed by atoms with Gasteiger partial charge in [0.2, 0.25) is 0 Å². The summed E-state index contributed by atoms with van der Waals surface area (Å²) in [6.07, 6.45) is 22.9. The molecule has 0 atom stereocenters. The van der Waals surface area contributed by atoms with E-state index in [9.17, 15) is 0 Å². The lowest BCUT2D eigenvalue weighted by atomic mass is 10.1.